The Morgan fingerprint density at radius 3 is 2.75 bits per heavy atom. The summed E-state index contributed by atoms with van der Waals surface area (Å²) in [6, 6.07) is 12.5. The lowest BCUT2D eigenvalue weighted by Crippen LogP contribution is -2.23. The topological polar surface area (TPSA) is 21.3 Å². The minimum atomic E-state index is -0.220. The van der Waals surface area contributed by atoms with Gasteiger partial charge in [0.2, 0.25) is 0 Å². The Labute approximate surface area is 127 Å². The summed E-state index contributed by atoms with van der Waals surface area (Å²) < 4.78 is 20.2. The van der Waals surface area contributed by atoms with E-state index in [4.69, 9.17) is 4.74 Å². The van der Waals surface area contributed by atoms with Crippen molar-refractivity contribution in [2.75, 3.05) is 13.7 Å². The highest BCUT2D eigenvalue weighted by molar-refractivity contribution is 9.10. The van der Waals surface area contributed by atoms with Crippen LogP contribution in [0.15, 0.2) is 46.9 Å². The molecule has 106 valence electrons. The third-order valence-electron chi connectivity index (χ3n) is 3.10. The molecule has 0 saturated heterocycles. The van der Waals surface area contributed by atoms with Crippen LogP contribution in [0.5, 0.6) is 5.75 Å². The number of hydrogen-bond acceptors (Lipinski definition) is 2. The van der Waals surface area contributed by atoms with E-state index in [1.54, 1.807) is 13.2 Å². The van der Waals surface area contributed by atoms with Crippen LogP contribution in [-0.4, -0.2) is 13.7 Å². The van der Waals surface area contributed by atoms with E-state index in [0.717, 1.165) is 22.3 Å². The Kier molecular flexibility index (Phi) is 5.15. The lowest BCUT2D eigenvalue weighted by molar-refractivity contribution is 0.413. The smallest absolute Gasteiger partial charge is 0.128 e. The lowest BCUT2D eigenvalue weighted by atomic mass is 9.98. The first-order valence-electron chi connectivity index (χ1n) is 6.48. The number of ether oxygens (including phenoxy) is 1. The van der Waals surface area contributed by atoms with Crippen molar-refractivity contribution in [2.45, 2.75) is 13.0 Å². The highest BCUT2D eigenvalue weighted by Crippen LogP contribution is 2.29. The predicted molar refractivity (Wildman–Crippen MR) is 82.6 cm³/mol. The first kappa shape index (κ1) is 15.0. The molecule has 2 aromatic carbocycles. The zero-order valence-corrected chi connectivity index (χ0v) is 13.1. The molecule has 2 aromatic rings. The molecule has 1 N–H and O–H groups in total. The summed E-state index contributed by atoms with van der Waals surface area (Å²) in [5.74, 6) is 0.544. The van der Waals surface area contributed by atoms with Crippen LogP contribution < -0.4 is 10.1 Å². The van der Waals surface area contributed by atoms with Crippen molar-refractivity contribution in [1.82, 2.24) is 5.32 Å². The van der Waals surface area contributed by atoms with Gasteiger partial charge in [0.1, 0.15) is 11.6 Å². The second kappa shape index (κ2) is 6.86. The van der Waals surface area contributed by atoms with Gasteiger partial charge in [-0.05, 0) is 42.4 Å². The summed E-state index contributed by atoms with van der Waals surface area (Å²) in [5.41, 5.74) is 1.60. The monoisotopic (exact) mass is 337 g/mol. The van der Waals surface area contributed by atoms with Crippen LogP contribution in [0, 0.1) is 5.82 Å². The SMILES string of the molecule is CCNC(c1cccc(OC)c1)c1cc(Br)ccc1F. The summed E-state index contributed by atoms with van der Waals surface area (Å²) >= 11 is 3.40. The fourth-order valence-corrected chi connectivity index (χ4v) is 2.55. The standard InChI is InChI=1S/C16H17BrFNO/c1-3-19-16(11-5-4-6-13(9-11)20-2)14-10-12(17)7-8-15(14)18/h4-10,16,19H,3H2,1-2H3. The Hall–Kier alpha value is -1.39. The van der Waals surface area contributed by atoms with Gasteiger partial charge >= 0.3 is 0 Å². The van der Waals surface area contributed by atoms with E-state index in [-0.39, 0.29) is 11.9 Å². The number of methoxy groups -OCH3 is 1. The Bertz CT molecular complexity index is 588. The zero-order chi connectivity index (χ0) is 14.5. The second-order valence-corrected chi connectivity index (χ2v) is 5.35. The second-order valence-electron chi connectivity index (χ2n) is 4.43. The summed E-state index contributed by atoms with van der Waals surface area (Å²) in [6.07, 6.45) is 0. The Balaban J connectivity index is 2.46. The fourth-order valence-electron chi connectivity index (χ4n) is 2.17. The average Bonchev–Trinajstić information content (AvgIpc) is 2.47. The van der Waals surface area contributed by atoms with Gasteiger partial charge in [0, 0.05) is 10.0 Å². The molecule has 0 aromatic heterocycles. The molecule has 0 aliphatic rings. The molecule has 0 spiro atoms. The Morgan fingerprint density at radius 1 is 1.25 bits per heavy atom. The van der Waals surface area contributed by atoms with Crippen LogP contribution in [0.2, 0.25) is 0 Å². The van der Waals surface area contributed by atoms with E-state index in [2.05, 4.69) is 21.2 Å². The predicted octanol–water partition coefficient (Wildman–Crippen LogP) is 4.30. The molecule has 0 amide bonds. The molecule has 1 unspecified atom stereocenters. The minimum Gasteiger partial charge on any atom is -0.497 e. The van der Waals surface area contributed by atoms with E-state index >= 15 is 0 Å². The van der Waals surface area contributed by atoms with Gasteiger partial charge in [-0.1, -0.05) is 35.0 Å². The van der Waals surface area contributed by atoms with Crippen molar-refractivity contribution in [3.8, 4) is 5.75 Å². The minimum absolute atomic E-state index is 0.201. The first-order valence-corrected chi connectivity index (χ1v) is 7.27. The Morgan fingerprint density at radius 2 is 2.05 bits per heavy atom. The van der Waals surface area contributed by atoms with E-state index in [1.807, 2.05) is 37.3 Å². The zero-order valence-electron chi connectivity index (χ0n) is 11.5. The normalized spacial score (nSPS) is 12.2. The highest BCUT2D eigenvalue weighted by Gasteiger charge is 2.17. The third kappa shape index (κ3) is 3.38. The molecule has 2 rings (SSSR count). The molecule has 1 atom stereocenters. The number of halogens is 2. The maximum absolute atomic E-state index is 14.1. The van der Waals surface area contributed by atoms with Crippen molar-refractivity contribution < 1.29 is 9.13 Å². The first-order chi connectivity index (χ1) is 9.65. The van der Waals surface area contributed by atoms with Gasteiger partial charge in [0.05, 0.1) is 13.2 Å². The molecule has 0 radical (unpaired) electrons. The number of hydrogen-bond donors (Lipinski definition) is 1. The fraction of sp³-hybridized carbons (Fsp3) is 0.250. The van der Waals surface area contributed by atoms with E-state index in [9.17, 15) is 4.39 Å². The van der Waals surface area contributed by atoms with Gasteiger partial charge in [-0.2, -0.15) is 0 Å². The van der Waals surface area contributed by atoms with Crippen molar-refractivity contribution in [3.05, 3.63) is 63.9 Å². The van der Waals surface area contributed by atoms with E-state index in [0.29, 0.717) is 5.56 Å². The molecule has 0 heterocycles. The molecular weight excluding hydrogens is 321 g/mol. The van der Waals surface area contributed by atoms with Crippen LogP contribution in [0.4, 0.5) is 4.39 Å². The summed E-state index contributed by atoms with van der Waals surface area (Å²) in [7, 11) is 1.63. The molecule has 0 aliphatic heterocycles. The lowest BCUT2D eigenvalue weighted by Gasteiger charge is -2.20. The van der Waals surface area contributed by atoms with Crippen molar-refractivity contribution in [1.29, 1.82) is 0 Å². The summed E-state index contributed by atoms with van der Waals surface area (Å²) in [6.45, 7) is 2.75. The van der Waals surface area contributed by atoms with Crippen LogP contribution in [0.3, 0.4) is 0 Å². The van der Waals surface area contributed by atoms with Crippen LogP contribution >= 0.6 is 15.9 Å². The summed E-state index contributed by atoms with van der Waals surface area (Å²) in [4.78, 5) is 0. The molecular formula is C16H17BrFNO. The average molecular weight is 338 g/mol. The van der Waals surface area contributed by atoms with Gasteiger partial charge in [0.25, 0.3) is 0 Å². The molecule has 0 saturated carbocycles. The summed E-state index contributed by atoms with van der Waals surface area (Å²) in [5, 5.41) is 3.32. The van der Waals surface area contributed by atoms with Gasteiger partial charge in [0.15, 0.2) is 0 Å². The van der Waals surface area contributed by atoms with Crippen molar-refractivity contribution in [3.63, 3.8) is 0 Å². The highest BCUT2D eigenvalue weighted by atomic mass is 79.9. The van der Waals surface area contributed by atoms with Crippen LogP contribution in [0.25, 0.3) is 0 Å². The molecule has 0 aliphatic carbocycles. The molecule has 2 nitrogen and oxygen atoms in total. The maximum atomic E-state index is 14.1. The number of benzene rings is 2. The van der Waals surface area contributed by atoms with Crippen molar-refractivity contribution >= 4 is 15.9 Å². The van der Waals surface area contributed by atoms with E-state index < -0.39 is 0 Å². The maximum Gasteiger partial charge on any atom is 0.128 e. The van der Waals surface area contributed by atoms with Gasteiger partial charge < -0.3 is 10.1 Å². The van der Waals surface area contributed by atoms with Crippen LogP contribution in [0.1, 0.15) is 24.1 Å². The molecule has 0 bridgehead atoms. The van der Waals surface area contributed by atoms with Gasteiger partial charge in [-0.3, -0.25) is 0 Å². The van der Waals surface area contributed by atoms with Crippen molar-refractivity contribution in [2.24, 2.45) is 0 Å². The largest absolute Gasteiger partial charge is 0.497 e. The molecule has 20 heavy (non-hydrogen) atoms. The number of rotatable bonds is 5. The molecule has 0 fully saturated rings. The quantitative estimate of drug-likeness (QED) is 0.878. The number of nitrogens with one attached hydrogen (secondary N) is 1. The van der Waals surface area contributed by atoms with E-state index in [1.165, 1.54) is 6.07 Å². The molecule has 4 heteroatoms. The third-order valence-corrected chi connectivity index (χ3v) is 3.60. The van der Waals surface area contributed by atoms with Gasteiger partial charge in [-0.15, -0.1) is 0 Å². The van der Waals surface area contributed by atoms with Gasteiger partial charge in [-0.25, -0.2) is 4.39 Å². The van der Waals surface area contributed by atoms with Crippen LogP contribution in [-0.2, 0) is 0 Å².